The van der Waals surface area contributed by atoms with Crippen molar-refractivity contribution in [1.82, 2.24) is 9.78 Å². The van der Waals surface area contributed by atoms with Crippen molar-refractivity contribution in [3.8, 4) is 39.7 Å². The van der Waals surface area contributed by atoms with Crippen LogP contribution in [0.25, 0.3) is 28.2 Å². The molecule has 0 aliphatic heterocycles. The maximum atomic E-state index is 6.55. The summed E-state index contributed by atoms with van der Waals surface area (Å²) in [5, 5.41) is 6.03. The van der Waals surface area contributed by atoms with Gasteiger partial charge < -0.3 is 9.47 Å². The molecule has 1 aromatic heterocycles. The summed E-state index contributed by atoms with van der Waals surface area (Å²) >= 11 is 12.7. The smallest absolute Gasteiger partial charge is 0.119 e. The van der Waals surface area contributed by atoms with E-state index in [1.165, 1.54) is 0 Å². The van der Waals surface area contributed by atoms with E-state index >= 15 is 0 Å². The first kappa shape index (κ1) is 20.3. The fourth-order valence-electron chi connectivity index (χ4n) is 3.48. The van der Waals surface area contributed by atoms with Crippen LogP contribution in [-0.2, 0) is 0 Å². The Morgan fingerprint density at radius 2 is 1.43 bits per heavy atom. The Labute approximate surface area is 185 Å². The lowest BCUT2D eigenvalue weighted by atomic mass is 10.0. The molecule has 1 heterocycles. The van der Waals surface area contributed by atoms with Gasteiger partial charge in [-0.1, -0.05) is 47.5 Å². The van der Waals surface area contributed by atoms with Crippen molar-refractivity contribution in [2.75, 3.05) is 14.2 Å². The van der Waals surface area contributed by atoms with E-state index in [0.717, 1.165) is 45.3 Å². The number of hydrogen-bond acceptors (Lipinski definition) is 3. The van der Waals surface area contributed by atoms with E-state index in [9.17, 15) is 0 Å². The van der Waals surface area contributed by atoms with Crippen LogP contribution in [0.15, 0.2) is 66.7 Å². The molecule has 0 amide bonds. The Morgan fingerprint density at radius 1 is 0.800 bits per heavy atom. The summed E-state index contributed by atoms with van der Waals surface area (Å²) in [7, 11) is 3.31. The Hall–Kier alpha value is -2.95. The van der Waals surface area contributed by atoms with Crippen molar-refractivity contribution >= 4 is 23.2 Å². The van der Waals surface area contributed by atoms with E-state index in [2.05, 4.69) is 6.92 Å². The van der Waals surface area contributed by atoms with E-state index in [0.29, 0.717) is 10.0 Å². The van der Waals surface area contributed by atoms with Gasteiger partial charge in [-0.25, -0.2) is 4.68 Å². The topological polar surface area (TPSA) is 36.3 Å². The van der Waals surface area contributed by atoms with Gasteiger partial charge in [0.15, 0.2) is 0 Å². The fourth-order valence-corrected chi connectivity index (χ4v) is 3.97. The van der Waals surface area contributed by atoms with Crippen LogP contribution in [0.1, 0.15) is 5.56 Å². The minimum atomic E-state index is 0.520. The van der Waals surface area contributed by atoms with Gasteiger partial charge in [-0.3, -0.25) is 0 Å². The quantitative estimate of drug-likeness (QED) is 0.342. The second-order valence-electron chi connectivity index (χ2n) is 6.79. The molecule has 0 saturated carbocycles. The maximum absolute atomic E-state index is 6.55. The molecule has 4 aromatic rings. The summed E-state index contributed by atoms with van der Waals surface area (Å²) in [6, 6.07) is 21.1. The molecule has 6 heteroatoms. The van der Waals surface area contributed by atoms with E-state index in [1.807, 2.05) is 59.3 Å². The third-order valence-electron chi connectivity index (χ3n) is 4.95. The molecule has 0 N–H and O–H groups in total. The molecule has 0 bridgehead atoms. The summed E-state index contributed by atoms with van der Waals surface area (Å²) in [5.41, 5.74) is 5.46. The standard InChI is InChI=1S/C24H20Cl2N2O2/c1-15-23(16-6-4-8-19(12-16)29-2)27-28(22-11-10-18(25)14-21(22)26)24(15)17-7-5-9-20(13-17)30-3/h4-14H,1-3H3. The predicted molar refractivity (Wildman–Crippen MR) is 122 cm³/mol. The molecule has 0 aliphatic carbocycles. The third kappa shape index (κ3) is 3.76. The van der Waals surface area contributed by atoms with Crippen molar-refractivity contribution < 1.29 is 9.47 Å². The number of halogens is 2. The Balaban J connectivity index is 2.00. The minimum Gasteiger partial charge on any atom is -0.497 e. The predicted octanol–water partition coefficient (Wildman–Crippen LogP) is 6.84. The summed E-state index contributed by atoms with van der Waals surface area (Å²) in [5.74, 6) is 1.54. The Morgan fingerprint density at radius 3 is 2.07 bits per heavy atom. The van der Waals surface area contributed by atoms with Gasteiger partial charge in [-0.15, -0.1) is 0 Å². The number of aromatic nitrogens is 2. The van der Waals surface area contributed by atoms with Crippen molar-refractivity contribution in [2.45, 2.75) is 6.92 Å². The highest BCUT2D eigenvalue weighted by atomic mass is 35.5. The van der Waals surface area contributed by atoms with Crippen molar-refractivity contribution in [1.29, 1.82) is 0 Å². The first-order valence-electron chi connectivity index (χ1n) is 9.35. The van der Waals surface area contributed by atoms with Gasteiger partial charge in [0.25, 0.3) is 0 Å². The highest BCUT2D eigenvalue weighted by Crippen LogP contribution is 2.37. The van der Waals surface area contributed by atoms with Gasteiger partial charge in [-0.2, -0.15) is 5.10 Å². The van der Waals surface area contributed by atoms with Crippen LogP contribution in [0.4, 0.5) is 0 Å². The summed E-state index contributed by atoms with van der Waals surface area (Å²) in [4.78, 5) is 0. The van der Waals surface area contributed by atoms with Crippen LogP contribution in [-0.4, -0.2) is 24.0 Å². The zero-order chi connectivity index (χ0) is 21.3. The fraction of sp³-hybridized carbons (Fsp3) is 0.125. The highest BCUT2D eigenvalue weighted by molar-refractivity contribution is 6.35. The molecule has 0 spiro atoms. The van der Waals surface area contributed by atoms with E-state index in [1.54, 1.807) is 26.4 Å². The number of hydrogen-bond donors (Lipinski definition) is 0. The number of benzene rings is 3. The Kier molecular flexibility index (Phi) is 5.71. The molecule has 0 atom stereocenters. The molecular weight excluding hydrogens is 419 g/mol. The SMILES string of the molecule is COc1cccc(-c2nn(-c3ccc(Cl)cc3Cl)c(-c3cccc(OC)c3)c2C)c1. The first-order chi connectivity index (χ1) is 14.5. The summed E-state index contributed by atoms with van der Waals surface area (Å²) in [6.07, 6.45) is 0. The first-order valence-corrected chi connectivity index (χ1v) is 10.1. The van der Waals surface area contributed by atoms with Crippen molar-refractivity contribution in [3.63, 3.8) is 0 Å². The van der Waals surface area contributed by atoms with Gasteiger partial charge in [0.1, 0.15) is 11.5 Å². The van der Waals surface area contributed by atoms with Crippen molar-refractivity contribution in [3.05, 3.63) is 82.3 Å². The molecule has 4 rings (SSSR count). The van der Waals surface area contributed by atoms with Crippen molar-refractivity contribution in [2.24, 2.45) is 0 Å². The Bertz CT molecular complexity index is 1220. The lowest BCUT2D eigenvalue weighted by Gasteiger charge is -2.11. The highest BCUT2D eigenvalue weighted by Gasteiger charge is 2.20. The van der Waals surface area contributed by atoms with Gasteiger partial charge in [-0.05, 0) is 49.4 Å². The second kappa shape index (κ2) is 8.42. The second-order valence-corrected chi connectivity index (χ2v) is 7.64. The van der Waals surface area contributed by atoms with Crippen LogP contribution in [0, 0.1) is 6.92 Å². The molecule has 0 radical (unpaired) electrons. The van der Waals surface area contributed by atoms with Crippen LogP contribution >= 0.6 is 23.2 Å². The van der Waals surface area contributed by atoms with Crippen LogP contribution in [0.5, 0.6) is 11.5 Å². The summed E-state index contributed by atoms with van der Waals surface area (Å²) < 4.78 is 12.7. The van der Waals surface area contributed by atoms with E-state index in [4.69, 9.17) is 37.8 Å². The molecular formula is C24H20Cl2N2O2. The molecule has 4 nitrogen and oxygen atoms in total. The monoisotopic (exact) mass is 438 g/mol. The minimum absolute atomic E-state index is 0.520. The van der Waals surface area contributed by atoms with Gasteiger partial charge in [0, 0.05) is 21.7 Å². The van der Waals surface area contributed by atoms with Gasteiger partial charge in [0.05, 0.1) is 36.3 Å². The molecule has 0 saturated heterocycles. The molecule has 0 aliphatic rings. The molecule has 0 unspecified atom stereocenters. The van der Waals surface area contributed by atoms with E-state index < -0.39 is 0 Å². The maximum Gasteiger partial charge on any atom is 0.119 e. The number of rotatable bonds is 5. The van der Waals surface area contributed by atoms with E-state index in [-0.39, 0.29) is 0 Å². The normalized spacial score (nSPS) is 10.8. The van der Waals surface area contributed by atoms with Crippen LogP contribution < -0.4 is 9.47 Å². The lowest BCUT2D eigenvalue weighted by Crippen LogP contribution is -2.01. The number of nitrogens with zero attached hydrogens (tertiary/aromatic N) is 2. The van der Waals surface area contributed by atoms with Gasteiger partial charge >= 0.3 is 0 Å². The molecule has 0 fully saturated rings. The molecule has 3 aromatic carbocycles. The number of ether oxygens (including phenoxy) is 2. The zero-order valence-electron chi connectivity index (χ0n) is 16.8. The van der Waals surface area contributed by atoms with Crippen LogP contribution in [0.3, 0.4) is 0 Å². The van der Waals surface area contributed by atoms with Gasteiger partial charge in [0.2, 0.25) is 0 Å². The molecule has 152 valence electrons. The molecule has 30 heavy (non-hydrogen) atoms. The average molecular weight is 439 g/mol. The average Bonchev–Trinajstić information content (AvgIpc) is 3.10. The lowest BCUT2D eigenvalue weighted by molar-refractivity contribution is 0.415. The summed E-state index contributed by atoms with van der Waals surface area (Å²) in [6.45, 7) is 2.05. The largest absolute Gasteiger partial charge is 0.497 e. The number of methoxy groups -OCH3 is 2. The third-order valence-corrected chi connectivity index (χ3v) is 5.48. The van der Waals surface area contributed by atoms with Crippen LogP contribution in [0.2, 0.25) is 10.0 Å². The zero-order valence-corrected chi connectivity index (χ0v) is 18.3.